The third-order valence-corrected chi connectivity index (χ3v) is 4.71. The molecule has 1 amide bonds. The largest absolute Gasteiger partial charge is 0.466 e. The summed E-state index contributed by atoms with van der Waals surface area (Å²) >= 11 is 0. The van der Waals surface area contributed by atoms with Crippen molar-refractivity contribution in [3.05, 3.63) is 89.7 Å². The molecule has 10 heteroatoms. The standard InChI is InChI=1S/C23H16F4N4O2/c1-33-22-29-20(14-9-11-15(12-10-14)23(25,26)27)31(30-22)17-6-4-5-16(13-17)28-21(32)18-7-2-3-8-19(18)24/h2-13H,1H3,(H,28,32). The Bertz CT molecular complexity index is 1300. The fourth-order valence-corrected chi connectivity index (χ4v) is 3.11. The molecule has 4 aromatic rings. The van der Waals surface area contributed by atoms with Gasteiger partial charge in [0.2, 0.25) is 0 Å². The fraction of sp³-hybridized carbons (Fsp3) is 0.0870. The van der Waals surface area contributed by atoms with Gasteiger partial charge in [-0.25, -0.2) is 9.07 Å². The third-order valence-electron chi connectivity index (χ3n) is 4.71. The van der Waals surface area contributed by atoms with Gasteiger partial charge >= 0.3 is 12.2 Å². The fourth-order valence-electron chi connectivity index (χ4n) is 3.11. The Morgan fingerprint density at radius 3 is 2.39 bits per heavy atom. The predicted octanol–water partition coefficient (Wildman–Crippen LogP) is 5.35. The zero-order valence-electron chi connectivity index (χ0n) is 17.1. The molecule has 0 aliphatic rings. The van der Waals surface area contributed by atoms with Crippen molar-refractivity contribution in [2.75, 3.05) is 12.4 Å². The van der Waals surface area contributed by atoms with Crippen LogP contribution >= 0.6 is 0 Å². The molecule has 6 nitrogen and oxygen atoms in total. The number of anilines is 1. The Morgan fingerprint density at radius 2 is 1.73 bits per heavy atom. The number of hydrogen-bond donors (Lipinski definition) is 1. The van der Waals surface area contributed by atoms with E-state index in [4.69, 9.17) is 4.74 Å². The highest BCUT2D eigenvalue weighted by Crippen LogP contribution is 2.31. The molecule has 168 valence electrons. The molecular formula is C23H16F4N4O2. The molecule has 1 N–H and O–H groups in total. The minimum atomic E-state index is -4.46. The van der Waals surface area contributed by atoms with Crippen molar-refractivity contribution >= 4 is 11.6 Å². The van der Waals surface area contributed by atoms with Crippen LogP contribution in [-0.4, -0.2) is 27.8 Å². The topological polar surface area (TPSA) is 69.0 Å². The molecule has 3 aromatic carbocycles. The molecule has 0 fully saturated rings. The van der Waals surface area contributed by atoms with Gasteiger partial charge in [-0.15, -0.1) is 5.10 Å². The van der Waals surface area contributed by atoms with E-state index >= 15 is 0 Å². The van der Waals surface area contributed by atoms with Crippen LogP contribution in [0.25, 0.3) is 17.1 Å². The maximum atomic E-state index is 13.9. The molecule has 0 saturated heterocycles. The van der Waals surface area contributed by atoms with Crippen LogP contribution < -0.4 is 10.1 Å². The summed E-state index contributed by atoms with van der Waals surface area (Å²) in [5.41, 5.74) is 0.276. The van der Waals surface area contributed by atoms with Gasteiger partial charge in [0, 0.05) is 11.3 Å². The summed E-state index contributed by atoms with van der Waals surface area (Å²) in [7, 11) is 1.36. The lowest BCUT2D eigenvalue weighted by Gasteiger charge is -2.10. The molecule has 1 heterocycles. The summed E-state index contributed by atoms with van der Waals surface area (Å²) in [6.07, 6.45) is -4.46. The van der Waals surface area contributed by atoms with Crippen LogP contribution in [-0.2, 0) is 6.18 Å². The summed E-state index contributed by atoms with van der Waals surface area (Å²) in [6, 6.07) is 16.5. The van der Waals surface area contributed by atoms with Crippen molar-refractivity contribution in [3.8, 4) is 23.1 Å². The normalized spacial score (nSPS) is 11.3. The van der Waals surface area contributed by atoms with Gasteiger partial charge < -0.3 is 10.1 Å². The number of methoxy groups -OCH3 is 1. The number of benzene rings is 3. The van der Waals surface area contributed by atoms with Crippen molar-refractivity contribution in [2.24, 2.45) is 0 Å². The second-order valence-corrected chi connectivity index (χ2v) is 6.89. The lowest BCUT2D eigenvalue weighted by molar-refractivity contribution is -0.137. The SMILES string of the molecule is COc1nc(-c2ccc(C(F)(F)F)cc2)n(-c2cccc(NC(=O)c3ccccc3F)c2)n1. The van der Waals surface area contributed by atoms with Crippen molar-refractivity contribution in [1.29, 1.82) is 0 Å². The average molecular weight is 456 g/mol. The number of carbonyl (C=O) groups is 1. The highest BCUT2D eigenvalue weighted by Gasteiger charge is 2.30. The minimum absolute atomic E-state index is 0.00527. The first-order valence-corrected chi connectivity index (χ1v) is 9.61. The van der Waals surface area contributed by atoms with Crippen molar-refractivity contribution in [1.82, 2.24) is 14.8 Å². The molecule has 4 rings (SSSR count). The van der Waals surface area contributed by atoms with E-state index in [0.29, 0.717) is 16.9 Å². The smallest absolute Gasteiger partial charge is 0.416 e. The van der Waals surface area contributed by atoms with Crippen molar-refractivity contribution in [2.45, 2.75) is 6.18 Å². The molecule has 0 bridgehead atoms. The predicted molar refractivity (Wildman–Crippen MR) is 113 cm³/mol. The van der Waals surface area contributed by atoms with Crippen LogP contribution in [0.15, 0.2) is 72.8 Å². The zero-order chi connectivity index (χ0) is 23.6. The third kappa shape index (κ3) is 4.69. The number of halogens is 4. The van der Waals surface area contributed by atoms with Gasteiger partial charge in [-0.05, 0) is 42.5 Å². The summed E-state index contributed by atoms with van der Waals surface area (Å²) in [4.78, 5) is 16.7. The first-order chi connectivity index (χ1) is 15.8. The number of aromatic nitrogens is 3. The Balaban J connectivity index is 1.68. The molecule has 0 aliphatic carbocycles. The molecule has 0 aliphatic heterocycles. The zero-order valence-corrected chi connectivity index (χ0v) is 17.1. The molecule has 33 heavy (non-hydrogen) atoms. The first-order valence-electron chi connectivity index (χ1n) is 9.61. The number of amides is 1. The lowest BCUT2D eigenvalue weighted by atomic mass is 10.1. The molecule has 0 spiro atoms. The number of rotatable bonds is 5. The van der Waals surface area contributed by atoms with E-state index in [1.165, 1.54) is 42.1 Å². The van der Waals surface area contributed by atoms with E-state index in [-0.39, 0.29) is 17.4 Å². The van der Waals surface area contributed by atoms with Crippen LogP contribution in [0.5, 0.6) is 6.01 Å². The molecule has 0 unspecified atom stereocenters. The molecule has 1 aromatic heterocycles. The Labute approximate surface area is 185 Å². The first kappa shape index (κ1) is 22.0. The van der Waals surface area contributed by atoms with Gasteiger partial charge in [0.05, 0.1) is 23.9 Å². The van der Waals surface area contributed by atoms with E-state index in [1.807, 2.05) is 0 Å². The van der Waals surface area contributed by atoms with E-state index in [1.54, 1.807) is 30.3 Å². The van der Waals surface area contributed by atoms with Gasteiger partial charge in [0.15, 0.2) is 5.82 Å². The Morgan fingerprint density at radius 1 is 1.00 bits per heavy atom. The lowest BCUT2D eigenvalue weighted by Crippen LogP contribution is -2.14. The van der Waals surface area contributed by atoms with Gasteiger partial charge in [-0.1, -0.05) is 30.3 Å². The Kier molecular flexibility index (Phi) is 5.82. The van der Waals surface area contributed by atoms with Crippen molar-refractivity contribution in [3.63, 3.8) is 0 Å². The van der Waals surface area contributed by atoms with Gasteiger partial charge in [-0.2, -0.15) is 18.2 Å². The summed E-state index contributed by atoms with van der Waals surface area (Å²) in [5.74, 6) is -1.06. The summed E-state index contributed by atoms with van der Waals surface area (Å²) in [5, 5.41) is 6.84. The number of carbonyl (C=O) groups excluding carboxylic acids is 1. The molecule has 0 saturated carbocycles. The summed E-state index contributed by atoms with van der Waals surface area (Å²) in [6.45, 7) is 0. The second-order valence-electron chi connectivity index (χ2n) is 6.89. The average Bonchev–Trinajstić information content (AvgIpc) is 3.24. The van der Waals surface area contributed by atoms with Crippen LogP contribution in [0.4, 0.5) is 23.2 Å². The van der Waals surface area contributed by atoms with Gasteiger partial charge in [0.1, 0.15) is 5.82 Å². The van der Waals surface area contributed by atoms with E-state index in [9.17, 15) is 22.4 Å². The van der Waals surface area contributed by atoms with Crippen LogP contribution in [0.2, 0.25) is 0 Å². The monoisotopic (exact) mass is 456 g/mol. The number of alkyl halides is 3. The highest BCUT2D eigenvalue weighted by molar-refractivity contribution is 6.04. The number of nitrogens with zero attached hydrogens (tertiary/aromatic N) is 3. The van der Waals surface area contributed by atoms with Gasteiger partial charge in [0.25, 0.3) is 5.91 Å². The van der Waals surface area contributed by atoms with Crippen LogP contribution in [0.3, 0.4) is 0 Å². The van der Waals surface area contributed by atoms with E-state index < -0.39 is 23.5 Å². The number of hydrogen-bond acceptors (Lipinski definition) is 4. The number of ether oxygens (including phenoxy) is 1. The second kappa shape index (κ2) is 8.73. The van der Waals surface area contributed by atoms with Gasteiger partial charge in [-0.3, -0.25) is 4.79 Å². The maximum Gasteiger partial charge on any atom is 0.416 e. The van der Waals surface area contributed by atoms with Crippen LogP contribution in [0.1, 0.15) is 15.9 Å². The quantitative estimate of drug-likeness (QED) is 0.411. The van der Waals surface area contributed by atoms with E-state index in [2.05, 4.69) is 15.4 Å². The molecular weight excluding hydrogens is 440 g/mol. The number of nitrogens with one attached hydrogen (secondary N) is 1. The van der Waals surface area contributed by atoms with Crippen molar-refractivity contribution < 1.29 is 27.1 Å². The molecule has 0 radical (unpaired) electrons. The maximum absolute atomic E-state index is 13.9. The van der Waals surface area contributed by atoms with E-state index in [0.717, 1.165) is 12.1 Å². The molecule has 0 atom stereocenters. The summed E-state index contributed by atoms with van der Waals surface area (Å²) < 4.78 is 59.1. The highest BCUT2D eigenvalue weighted by atomic mass is 19.4. The Hall–Kier alpha value is -4.21. The minimum Gasteiger partial charge on any atom is -0.466 e. The van der Waals surface area contributed by atoms with Crippen LogP contribution in [0, 0.1) is 5.82 Å².